The Balaban J connectivity index is 1.55. The Bertz CT molecular complexity index is 1370. The Morgan fingerprint density at radius 1 is 1.24 bits per heavy atom. The second kappa shape index (κ2) is 8.34. The van der Waals surface area contributed by atoms with Crippen molar-refractivity contribution in [2.24, 2.45) is 5.41 Å². The summed E-state index contributed by atoms with van der Waals surface area (Å²) in [7, 11) is 0. The highest BCUT2D eigenvalue weighted by Crippen LogP contribution is 2.50. The minimum atomic E-state index is -1.83. The molecule has 14 nitrogen and oxygen atoms in total. The maximum atomic E-state index is 16.2. The van der Waals surface area contributed by atoms with Crippen LogP contribution in [0.3, 0.4) is 0 Å². The van der Waals surface area contributed by atoms with Crippen LogP contribution < -0.4 is 20.4 Å². The molecule has 0 unspecified atom stereocenters. The highest BCUT2D eigenvalue weighted by atomic mass is 19.1. The van der Waals surface area contributed by atoms with Crippen LogP contribution in [0.25, 0.3) is 11.0 Å². The van der Waals surface area contributed by atoms with Gasteiger partial charge in [0, 0.05) is 13.0 Å². The molecular formula is C23H24FN5O9. The number of hydrogen-bond acceptors (Lipinski definition) is 11. The fourth-order valence-electron chi connectivity index (χ4n) is 6.19. The number of aromatic nitrogens is 1. The van der Waals surface area contributed by atoms with Gasteiger partial charge in [0.25, 0.3) is 0 Å². The topological polar surface area (TPSA) is 184 Å². The van der Waals surface area contributed by atoms with E-state index >= 15 is 4.39 Å². The zero-order chi connectivity index (χ0) is 27.1. The number of nitrogens with one attached hydrogen (secondary N) is 2. The number of hydrogen-bond donors (Lipinski definition) is 4. The molecule has 2 aromatic rings. The lowest BCUT2D eigenvalue weighted by molar-refractivity contribution is -0.153. The molecule has 0 saturated carbocycles. The molecule has 15 heteroatoms. The Morgan fingerprint density at radius 3 is 2.63 bits per heavy atom. The van der Waals surface area contributed by atoms with Gasteiger partial charge in [-0.15, -0.1) is 0 Å². The standard InChI is InChI=1S/C23H24FN5O9/c1-8-5-28-15-10(4-23(17(28)9(2)37-8)19(32)25-21(34)26-20(23)33)3-11-16(14(15)24)38-27-18(11)29-12(13(31)6-30)7-36-22(29)35/h3,8-9,12-13,17,30-31H,4-7H2,1-2H3,(H2,25,26,32,33,34)/t8-,9+,12-,13-,17-/m1/s1. The number of imide groups is 2. The third-order valence-electron chi connectivity index (χ3n) is 7.71. The molecule has 0 bridgehead atoms. The van der Waals surface area contributed by atoms with Crippen molar-refractivity contribution in [2.75, 3.05) is 29.6 Å². The van der Waals surface area contributed by atoms with Crippen LogP contribution in [-0.2, 0) is 25.5 Å². The van der Waals surface area contributed by atoms with E-state index in [0.717, 1.165) is 4.90 Å². The number of halogens is 1. The van der Waals surface area contributed by atoms with Crippen molar-refractivity contribution >= 4 is 46.4 Å². The van der Waals surface area contributed by atoms with Gasteiger partial charge in [-0.2, -0.15) is 0 Å². The lowest BCUT2D eigenvalue weighted by Crippen LogP contribution is -2.75. The van der Waals surface area contributed by atoms with E-state index in [2.05, 4.69) is 15.8 Å². The molecule has 38 heavy (non-hydrogen) atoms. The zero-order valence-corrected chi connectivity index (χ0v) is 20.3. The Labute approximate surface area is 213 Å². The van der Waals surface area contributed by atoms with Crippen LogP contribution in [0.15, 0.2) is 10.6 Å². The van der Waals surface area contributed by atoms with Gasteiger partial charge >= 0.3 is 12.1 Å². The summed E-state index contributed by atoms with van der Waals surface area (Å²) in [5.41, 5.74) is -1.79. The number of benzene rings is 1. The van der Waals surface area contributed by atoms with E-state index in [-0.39, 0.29) is 53.7 Å². The van der Waals surface area contributed by atoms with Gasteiger partial charge in [-0.05, 0) is 25.5 Å². The van der Waals surface area contributed by atoms with Gasteiger partial charge < -0.3 is 29.1 Å². The highest BCUT2D eigenvalue weighted by Gasteiger charge is 2.63. The van der Waals surface area contributed by atoms with Gasteiger partial charge in [0.05, 0.1) is 35.9 Å². The molecule has 3 saturated heterocycles. The summed E-state index contributed by atoms with van der Waals surface area (Å²) in [6.07, 6.45) is -3.63. The van der Waals surface area contributed by atoms with Crippen molar-refractivity contribution in [1.82, 2.24) is 15.8 Å². The van der Waals surface area contributed by atoms with Crippen molar-refractivity contribution in [3.05, 3.63) is 17.4 Å². The molecule has 0 radical (unpaired) electrons. The number of aliphatic hydroxyl groups excluding tert-OH is 2. The van der Waals surface area contributed by atoms with Crippen LogP contribution in [0.2, 0.25) is 0 Å². The number of aliphatic hydroxyl groups is 2. The number of nitrogens with zero attached hydrogens (tertiary/aromatic N) is 3. The first-order valence-electron chi connectivity index (χ1n) is 12.0. The fourth-order valence-corrected chi connectivity index (χ4v) is 6.19. The third kappa shape index (κ3) is 3.18. The minimum absolute atomic E-state index is 0.0332. The second-order valence-corrected chi connectivity index (χ2v) is 9.98. The Kier molecular flexibility index (Phi) is 5.38. The summed E-state index contributed by atoms with van der Waals surface area (Å²) in [6.45, 7) is 2.66. The summed E-state index contributed by atoms with van der Waals surface area (Å²) in [5.74, 6) is -2.65. The van der Waals surface area contributed by atoms with E-state index in [1.807, 2.05) is 0 Å². The van der Waals surface area contributed by atoms with Crippen LogP contribution >= 0.6 is 0 Å². The lowest BCUT2D eigenvalue weighted by Gasteiger charge is -2.55. The summed E-state index contributed by atoms with van der Waals surface area (Å²) < 4.78 is 32.5. The molecule has 202 valence electrons. The fraction of sp³-hybridized carbons (Fsp3) is 0.522. The number of amides is 5. The van der Waals surface area contributed by atoms with E-state index in [1.54, 1.807) is 18.7 Å². The molecule has 1 aromatic heterocycles. The average Bonchev–Trinajstić information content (AvgIpc) is 3.44. The van der Waals surface area contributed by atoms with Crippen molar-refractivity contribution in [3.63, 3.8) is 0 Å². The lowest BCUT2D eigenvalue weighted by atomic mass is 9.66. The second-order valence-electron chi connectivity index (χ2n) is 9.98. The van der Waals surface area contributed by atoms with Gasteiger partial charge in [0.15, 0.2) is 17.1 Å². The van der Waals surface area contributed by atoms with Crippen LogP contribution in [0.5, 0.6) is 0 Å². The van der Waals surface area contributed by atoms with Crippen LogP contribution in [0.4, 0.5) is 25.5 Å². The maximum Gasteiger partial charge on any atom is 0.416 e. The predicted molar refractivity (Wildman–Crippen MR) is 124 cm³/mol. The summed E-state index contributed by atoms with van der Waals surface area (Å²) in [5, 5.41) is 27.8. The van der Waals surface area contributed by atoms with Gasteiger partial charge in [-0.25, -0.2) is 18.9 Å². The molecule has 4 N–H and O–H groups in total. The van der Waals surface area contributed by atoms with Crippen molar-refractivity contribution in [3.8, 4) is 0 Å². The number of fused-ring (bicyclic) bond motifs is 5. The first-order chi connectivity index (χ1) is 18.1. The number of ether oxygens (including phenoxy) is 2. The summed E-state index contributed by atoms with van der Waals surface area (Å²) >= 11 is 0. The maximum absolute atomic E-state index is 16.2. The van der Waals surface area contributed by atoms with Crippen molar-refractivity contribution < 1.29 is 47.8 Å². The number of rotatable bonds is 3. The summed E-state index contributed by atoms with van der Waals surface area (Å²) in [6, 6.07) is -1.46. The normalized spacial score (nSPS) is 29.2. The van der Waals surface area contributed by atoms with Crippen molar-refractivity contribution in [2.45, 2.75) is 50.7 Å². The molecule has 5 amide bonds. The largest absolute Gasteiger partial charge is 0.447 e. The van der Waals surface area contributed by atoms with E-state index < -0.39 is 66.1 Å². The first-order valence-corrected chi connectivity index (χ1v) is 12.0. The number of carbonyl (C=O) groups is 4. The van der Waals surface area contributed by atoms with Gasteiger partial charge in [-0.3, -0.25) is 20.2 Å². The van der Waals surface area contributed by atoms with E-state index in [1.165, 1.54) is 6.07 Å². The van der Waals surface area contributed by atoms with Gasteiger partial charge in [0.1, 0.15) is 18.8 Å². The monoisotopic (exact) mass is 533 g/mol. The molecule has 0 aliphatic carbocycles. The van der Waals surface area contributed by atoms with E-state index in [9.17, 15) is 29.4 Å². The van der Waals surface area contributed by atoms with E-state index in [4.69, 9.17) is 14.0 Å². The number of carbonyl (C=O) groups excluding carboxylic acids is 4. The van der Waals surface area contributed by atoms with E-state index in [0.29, 0.717) is 0 Å². The molecular weight excluding hydrogens is 509 g/mol. The number of barbiturate groups is 1. The molecule has 1 spiro atoms. The molecule has 1 aromatic carbocycles. The number of cyclic esters (lactones) is 1. The molecule has 5 atom stereocenters. The van der Waals surface area contributed by atoms with Crippen LogP contribution in [-0.4, -0.2) is 89.5 Å². The van der Waals surface area contributed by atoms with Crippen molar-refractivity contribution in [1.29, 1.82) is 0 Å². The number of urea groups is 1. The van der Waals surface area contributed by atoms with Crippen LogP contribution in [0, 0.1) is 11.2 Å². The van der Waals surface area contributed by atoms with Crippen LogP contribution in [0.1, 0.15) is 19.4 Å². The highest BCUT2D eigenvalue weighted by molar-refractivity contribution is 6.20. The smallest absolute Gasteiger partial charge is 0.416 e. The summed E-state index contributed by atoms with van der Waals surface area (Å²) in [4.78, 5) is 53.6. The SMILES string of the molecule is C[C@@H]1CN2c3c(cc4c(N5C(=O)OC[C@@H]5[C@H](O)CO)noc4c3F)CC3(C(=O)NC(=O)NC3=O)[C@H]2[C@H](C)O1. The van der Waals surface area contributed by atoms with Gasteiger partial charge in [-0.1, -0.05) is 5.16 Å². The Morgan fingerprint density at radius 2 is 1.95 bits per heavy atom. The molecule has 6 rings (SSSR count). The van der Waals surface area contributed by atoms with Gasteiger partial charge in [0.2, 0.25) is 17.4 Å². The molecule has 4 aliphatic rings. The first kappa shape index (κ1) is 24.5. The third-order valence-corrected chi connectivity index (χ3v) is 7.71. The zero-order valence-electron chi connectivity index (χ0n) is 20.3. The predicted octanol–water partition coefficient (Wildman–Crippen LogP) is -0.464. The molecule has 3 fully saturated rings. The quantitative estimate of drug-likeness (QED) is 0.374. The number of anilines is 2. The average molecular weight is 533 g/mol. The number of morpholine rings is 1. The molecule has 4 aliphatic heterocycles. The minimum Gasteiger partial charge on any atom is -0.447 e. The Hall–Kier alpha value is -3.82. The molecule has 5 heterocycles.